The number of hydrogen-bond acceptors (Lipinski definition) is 2. The van der Waals surface area contributed by atoms with Crippen LogP contribution >= 0.6 is 11.6 Å². The summed E-state index contributed by atoms with van der Waals surface area (Å²) in [5, 5.41) is 3.27. The third kappa shape index (κ3) is 3.93. The fourth-order valence-corrected chi connectivity index (χ4v) is 3.00. The van der Waals surface area contributed by atoms with E-state index in [9.17, 15) is 9.00 Å². The van der Waals surface area contributed by atoms with E-state index < -0.39 is 10.8 Å². The first kappa shape index (κ1) is 15.7. The highest BCUT2D eigenvalue weighted by Gasteiger charge is 2.12. The van der Waals surface area contributed by atoms with Crippen LogP contribution in [-0.4, -0.2) is 16.4 Å². The zero-order valence-electron chi connectivity index (χ0n) is 11.9. The number of nitrogens with one attached hydrogen (secondary N) is 1. The van der Waals surface area contributed by atoms with Crippen molar-refractivity contribution in [1.29, 1.82) is 0 Å². The van der Waals surface area contributed by atoms with E-state index in [1.807, 2.05) is 25.1 Å². The van der Waals surface area contributed by atoms with Gasteiger partial charge in [-0.3, -0.25) is 9.00 Å². The van der Waals surface area contributed by atoms with Crippen molar-refractivity contribution >= 4 is 34.0 Å². The lowest BCUT2D eigenvalue weighted by molar-refractivity contribution is 0.102. The first-order valence-corrected chi connectivity index (χ1v) is 8.54. The van der Waals surface area contributed by atoms with E-state index >= 15 is 0 Å². The van der Waals surface area contributed by atoms with Crippen molar-refractivity contribution < 1.29 is 9.00 Å². The lowest BCUT2D eigenvalue weighted by Gasteiger charge is -2.12. The Hall–Kier alpha value is -1.65. The summed E-state index contributed by atoms with van der Waals surface area (Å²) in [7, 11) is -0.921. The molecule has 0 radical (unpaired) electrons. The lowest BCUT2D eigenvalue weighted by Crippen LogP contribution is -2.14. The van der Waals surface area contributed by atoms with E-state index in [0.29, 0.717) is 22.0 Å². The van der Waals surface area contributed by atoms with Gasteiger partial charge in [0.25, 0.3) is 5.91 Å². The topological polar surface area (TPSA) is 46.2 Å². The van der Waals surface area contributed by atoms with E-state index in [-0.39, 0.29) is 5.91 Å². The summed E-state index contributed by atoms with van der Waals surface area (Å²) in [5.74, 6) is 0.222. The first-order valence-electron chi connectivity index (χ1n) is 6.43. The number of carbonyl (C=O) groups is 1. The lowest BCUT2D eigenvalue weighted by atomic mass is 10.1. The zero-order valence-corrected chi connectivity index (χ0v) is 13.4. The fourth-order valence-electron chi connectivity index (χ4n) is 2.03. The van der Waals surface area contributed by atoms with Crippen LogP contribution in [0.1, 0.15) is 21.5 Å². The molecule has 0 saturated carbocycles. The van der Waals surface area contributed by atoms with Crippen molar-refractivity contribution in [2.24, 2.45) is 0 Å². The van der Waals surface area contributed by atoms with Crippen LogP contribution in [-0.2, 0) is 16.6 Å². The molecule has 1 amide bonds. The van der Waals surface area contributed by atoms with Gasteiger partial charge in [0.05, 0.1) is 10.6 Å². The van der Waals surface area contributed by atoms with Crippen LogP contribution in [0.25, 0.3) is 0 Å². The Balaban J connectivity index is 2.26. The van der Waals surface area contributed by atoms with Gasteiger partial charge in [0.2, 0.25) is 0 Å². The highest BCUT2D eigenvalue weighted by Crippen LogP contribution is 2.22. The van der Waals surface area contributed by atoms with Crippen molar-refractivity contribution in [2.75, 3.05) is 11.6 Å². The molecule has 0 aliphatic rings. The molecule has 2 aromatic rings. The van der Waals surface area contributed by atoms with E-state index in [2.05, 4.69) is 5.32 Å². The molecular weight excluding hydrogens is 306 g/mol. The summed E-state index contributed by atoms with van der Waals surface area (Å²) in [6, 6.07) is 12.5. The normalized spacial score (nSPS) is 12.0. The molecule has 2 rings (SSSR count). The van der Waals surface area contributed by atoms with Crippen molar-refractivity contribution in [3.05, 3.63) is 64.2 Å². The van der Waals surface area contributed by atoms with E-state index in [1.165, 1.54) is 0 Å². The smallest absolute Gasteiger partial charge is 0.257 e. The van der Waals surface area contributed by atoms with Gasteiger partial charge >= 0.3 is 0 Å². The molecule has 1 N–H and O–H groups in total. The van der Waals surface area contributed by atoms with Crippen LogP contribution in [0.4, 0.5) is 5.69 Å². The second kappa shape index (κ2) is 6.87. The molecule has 1 atom stereocenters. The molecular formula is C16H16ClNO2S. The molecule has 0 aromatic heterocycles. The highest BCUT2D eigenvalue weighted by atomic mass is 35.5. The first-order chi connectivity index (χ1) is 9.99. The zero-order chi connectivity index (χ0) is 15.4. The van der Waals surface area contributed by atoms with Gasteiger partial charge in [0, 0.05) is 28.5 Å². The molecule has 1 unspecified atom stereocenters. The summed E-state index contributed by atoms with van der Waals surface area (Å²) in [6.45, 7) is 1.91. The quantitative estimate of drug-likeness (QED) is 0.931. The van der Waals surface area contributed by atoms with Gasteiger partial charge in [0.1, 0.15) is 0 Å². The van der Waals surface area contributed by atoms with Gasteiger partial charge in [0.15, 0.2) is 0 Å². The van der Waals surface area contributed by atoms with Crippen molar-refractivity contribution in [3.63, 3.8) is 0 Å². The molecule has 0 bridgehead atoms. The van der Waals surface area contributed by atoms with Crippen molar-refractivity contribution in [1.82, 2.24) is 0 Å². The Bertz CT molecular complexity index is 700. The predicted octanol–water partition coefficient (Wildman–Crippen LogP) is 3.78. The maximum absolute atomic E-state index is 12.3. The van der Waals surface area contributed by atoms with Crippen LogP contribution in [0.5, 0.6) is 0 Å². The van der Waals surface area contributed by atoms with Crippen LogP contribution in [0, 0.1) is 6.92 Å². The van der Waals surface area contributed by atoms with Crippen LogP contribution in [0.2, 0.25) is 5.02 Å². The van der Waals surface area contributed by atoms with Crippen LogP contribution < -0.4 is 5.32 Å². The second-order valence-electron chi connectivity index (χ2n) is 4.74. The molecule has 2 aromatic carbocycles. The van der Waals surface area contributed by atoms with Crippen molar-refractivity contribution in [2.45, 2.75) is 12.7 Å². The van der Waals surface area contributed by atoms with E-state index in [4.69, 9.17) is 11.6 Å². The molecule has 0 aliphatic heterocycles. The maximum atomic E-state index is 12.3. The van der Waals surface area contributed by atoms with Gasteiger partial charge in [-0.2, -0.15) is 0 Å². The van der Waals surface area contributed by atoms with Crippen LogP contribution in [0.15, 0.2) is 42.5 Å². The summed E-state index contributed by atoms with van der Waals surface area (Å²) in [4.78, 5) is 12.3. The molecule has 5 heteroatoms. The Morgan fingerprint density at radius 2 is 1.90 bits per heavy atom. The molecule has 0 heterocycles. The third-order valence-electron chi connectivity index (χ3n) is 3.17. The van der Waals surface area contributed by atoms with E-state index in [1.54, 1.807) is 30.5 Å². The predicted molar refractivity (Wildman–Crippen MR) is 88.4 cm³/mol. The Morgan fingerprint density at radius 3 is 2.57 bits per heavy atom. The number of amides is 1. The number of benzene rings is 2. The van der Waals surface area contributed by atoms with Crippen molar-refractivity contribution in [3.8, 4) is 0 Å². The standard InChI is InChI=1S/C16H16ClNO2S/c1-11-12(10-21(2)20)6-5-9-15(11)18-16(19)13-7-3-4-8-14(13)17/h3-9H,10H2,1-2H3,(H,18,19). The number of halogens is 1. The minimum atomic E-state index is -0.921. The summed E-state index contributed by atoms with van der Waals surface area (Å²) in [6.07, 6.45) is 1.66. The highest BCUT2D eigenvalue weighted by molar-refractivity contribution is 7.83. The molecule has 0 saturated heterocycles. The summed E-state index contributed by atoms with van der Waals surface area (Å²) < 4.78 is 11.4. The Kier molecular flexibility index (Phi) is 5.15. The second-order valence-corrected chi connectivity index (χ2v) is 6.58. The largest absolute Gasteiger partial charge is 0.322 e. The minimum Gasteiger partial charge on any atom is -0.322 e. The fraction of sp³-hybridized carbons (Fsp3) is 0.188. The number of anilines is 1. The minimum absolute atomic E-state index is 0.251. The van der Waals surface area contributed by atoms with E-state index in [0.717, 1.165) is 11.1 Å². The third-order valence-corrected chi connectivity index (χ3v) is 4.22. The monoisotopic (exact) mass is 321 g/mol. The average Bonchev–Trinajstić information content (AvgIpc) is 2.43. The number of rotatable bonds is 4. The van der Waals surface area contributed by atoms with Gasteiger partial charge in [-0.05, 0) is 36.2 Å². The summed E-state index contributed by atoms with van der Waals surface area (Å²) >= 11 is 6.02. The Labute approximate surface area is 131 Å². The Morgan fingerprint density at radius 1 is 1.19 bits per heavy atom. The average molecular weight is 322 g/mol. The molecule has 0 spiro atoms. The maximum Gasteiger partial charge on any atom is 0.257 e. The molecule has 0 fully saturated rings. The van der Waals surface area contributed by atoms with Gasteiger partial charge in [-0.25, -0.2) is 0 Å². The summed E-state index contributed by atoms with van der Waals surface area (Å²) in [5.41, 5.74) is 3.03. The van der Waals surface area contributed by atoms with Gasteiger partial charge < -0.3 is 5.32 Å². The molecule has 21 heavy (non-hydrogen) atoms. The molecule has 3 nitrogen and oxygen atoms in total. The van der Waals surface area contributed by atoms with Gasteiger partial charge in [-0.15, -0.1) is 0 Å². The molecule has 0 aliphatic carbocycles. The SMILES string of the molecule is Cc1c(CS(C)=O)cccc1NC(=O)c1ccccc1Cl. The van der Waals surface area contributed by atoms with Crippen LogP contribution in [0.3, 0.4) is 0 Å². The number of hydrogen-bond donors (Lipinski definition) is 1. The molecule has 110 valence electrons. The number of carbonyl (C=O) groups excluding carboxylic acids is 1. The van der Waals surface area contributed by atoms with Gasteiger partial charge in [-0.1, -0.05) is 35.9 Å².